The molecule has 1 aromatic carbocycles. The maximum absolute atomic E-state index is 10.8. The molecule has 4 heteroatoms. The number of carbonyl (C=O) groups is 1. The van der Waals surface area contributed by atoms with Gasteiger partial charge >= 0.3 is 0 Å². The summed E-state index contributed by atoms with van der Waals surface area (Å²) in [6.45, 7) is 0. The highest BCUT2D eigenvalue weighted by atomic mass is 16.5. The van der Waals surface area contributed by atoms with E-state index in [9.17, 15) is 4.79 Å². The molecule has 1 aliphatic carbocycles. The molecule has 1 saturated carbocycles. The van der Waals surface area contributed by atoms with Crippen molar-refractivity contribution in [3.8, 4) is 0 Å². The predicted molar refractivity (Wildman–Crippen MR) is 65.1 cm³/mol. The van der Waals surface area contributed by atoms with Gasteiger partial charge < -0.3 is 9.32 Å². The minimum Gasteiger partial charge on any atom is -0.339 e. The first-order chi connectivity index (χ1) is 8.86. The second-order valence-electron chi connectivity index (χ2n) is 4.69. The fourth-order valence-corrected chi connectivity index (χ4v) is 2.26. The Labute approximate surface area is 105 Å². The van der Waals surface area contributed by atoms with Crippen LogP contribution < -0.4 is 0 Å². The van der Waals surface area contributed by atoms with Gasteiger partial charge in [-0.05, 0) is 18.4 Å². The fraction of sp³-hybridized carbons (Fsp3) is 0.357. The van der Waals surface area contributed by atoms with Gasteiger partial charge in [0.2, 0.25) is 5.89 Å². The third kappa shape index (κ3) is 2.06. The molecule has 2 unspecified atom stereocenters. The Morgan fingerprint density at radius 3 is 2.78 bits per heavy atom. The Bertz CT molecular complexity index is 536. The maximum atomic E-state index is 10.8. The first kappa shape index (κ1) is 11.1. The minimum atomic E-state index is 0.0648. The van der Waals surface area contributed by atoms with Crippen molar-refractivity contribution >= 4 is 6.29 Å². The summed E-state index contributed by atoms with van der Waals surface area (Å²) in [5, 5.41) is 3.98. The molecule has 0 bridgehead atoms. The molecule has 3 rings (SSSR count). The molecule has 1 fully saturated rings. The Morgan fingerprint density at radius 2 is 2.11 bits per heavy atom. The van der Waals surface area contributed by atoms with Crippen molar-refractivity contribution in [3.05, 3.63) is 47.6 Å². The van der Waals surface area contributed by atoms with Gasteiger partial charge in [0.1, 0.15) is 6.29 Å². The van der Waals surface area contributed by atoms with E-state index < -0.39 is 0 Å². The van der Waals surface area contributed by atoms with Crippen LogP contribution in [-0.2, 0) is 11.2 Å². The van der Waals surface area contributed by atoms with Crippen molar-refractivity contribution < 1.29 is 9.32 Å². The standard InChI is InChI=1S/C14H14N2O2/c17-9-11-6-7-12(11)14-15-13(16-18-14)8-10-4-2-1-3-5-10/h1-5,9,11-12H,6-8H2. The highest BCUT2D eigenvalue weighted by Gasteiger charge is 2.36. The Morgan fingerprint density at radius 1 is 1.28 bits per heavy atom. The van der Waals surface area contributed by atoms with E-state index in [1.165, 1.54) is 0 Å². The molecule has 18 heavy (non-hydrogen) atoms. The van der Waals surface area contributed by atoms with E-state index >= 15 is 0 Å². The summed E-state index contributed by atoms with van der Waals surface area (Å²) in [4.78, 5) is 15.2. The van der Waals surface area contributed by atoms with Crippen LogP contribution in [-0.4, -0.2) is 16.4 Å². The normalized spacial score (nSPS) is 22.4. The number of hydrogen-bond donors (Lipinski definition) is 0. The molecule has 92 valence electrons. The van der Waals surface area contributed by atoms with Crippen LogP contribution >= 0.6 is 0 Å². The van der Waals surface area contributed by atoms with E-state index in [0.717, 1.165) is 24.7 Å². The van der Waals surface area contributed by atoms with Crippen LogP contribution in [0.5, 0.6) is 0 Å². The Kier molecular flexibility index (Phi) is 2.92. The number of rotatable bonds is 4. The lowest BCUT2D eigenvalue weighted by Crippen LogP contribution is -2.25. The van der Waals surface area contributed by atoms with Gasteiger partial charge in [0.05, 0.1) is 0 Å². The molecule has 0 N–H and O–H groups in total. The highest BCUT2D eigenvalue weighted by Crippen LogP contribution is 2.40. The van der Waals surface area contributed by atoms with Gasteiger partial charge in [-0.2, -0.15) is 4.98 Å². The van der Waals surface area contributed by atoms with E-state index in [2.05, 4.69) is 10.1 Å². The number of hydrogen-bond acceptors (Lipinski definition) is 4. The van der Waals surface area contributed by atoms with Crippen LogP contribution in [0.3, 0.4) is 0 Å². The summed E-state index contributed by atoms with van der Waals surface area (Å²) in [5.74, 6) is 1.51. The van der Waals surface area contributed by atoms with Crippen molar-refractivity contribution in [3.63, 3.8) is 0 Å². The first-order valence-corrected chi connectivity index (χ1v) is 6.18. The number of aldehydes is 1. The summed E-state index contributed by atoms with van der Waals surface area (Å²) < 4.78 is 5.25. The van der Waals surface area contributed by atoms with Crippen molar-refractivity contribution in [2.45, 2.75) is 25.2 Å². The summed E-state index contributed by atoms with van der Waals surface area (Å²) >= 11 is 0. The smallest absolute Gasteiger partial charge is 0.230 e. The lowest BCUT2D eigenvalue weighted by molar-refractivity contribution is -0.114. The second-order valence-corrected chi connectivity index (χ2v) is 4.69. The van der Waals surface area contributed by atoms with E-state index in [0.29, 0.717) is 18.1 Å². The third-order valence-corrected chi connectivity index (χ3v) is 3.51. The topological polar surface area (TPSA) is 56.0 Å². The number of carbonyl (C=O) groups excluding carboxylic acids is 1. The zero-order chi connectivity index (χ0) is 12.4. The van der Waals surface area contributed by atoms with E-state index in [-0.39, 0.29) is 11.8 Å². The lowest BCUT2D eigenvalue weighted by Gasteiger charge is -2.28. The Balaban J connectivity index is 1.72. The monoisotopic (exact) mass is 242 g/mol. The highest BCUT2D eigenvalue weighted by molar-refractivity contribution is 5.57. The summed E-state index contributed by atoms with van der Waals surface area (Å²) in [6.07, 6.45) is 3.57. The van der Waals surface area contributed by atoms with Gasteiger partial charge in [-0.25, -0.2) is 0 Å². The molecule has 2 aromatic rings. The quantitative estimate of drug-likeness (QED) is 0.772. The number of nitrogens with zero attached hydrogens (tertiary/aromatic N) is 2. The molecule has 0 amide bonds. The molecule has 1 heterocycles. The fourth-order valence-electron chi connectivity index (χ4n) is 2.26. The second kappa shape index (κ2) is 4.72. The van der Waals surface area contributed by atoms with E-state index in [4.69, 9.17) is 4.52 Å². The number of aromatic nitrogens is 2. The molecule has 0 aliphatic heterocycles. The molecule has 0 spiro atoms. The molecular weight excluding hydrogens is 228 g/mol. The van der Waals surface area contributed by atoms with Crippen molar-refractivity contribution in [2.75, 3.05) is 0 Å². The minimum absolute atomic E-state index is 0.0648. The average molecular weight is 242 g/mol. The van der Waals surface area contributed by atoms with Gasteiger partial charge in [0, 0.05) is 18.3 Å². The van der Waals surface area contributed by atoms with Crippen LogP contribution in [0, 0.1) is 5.92 Å². The van der Waals surface area contributed by atoms with Crippen molar-refractivity contribution in [2.24, 2.45) is 5.92 Å². The molecular formula is C14H14N2O2. The largest absolute Gasteiger partial charge is 0.339 e. The third-order valence-electron chi connectivity index (χ3n) is 3.51. The molecule has 4 nitrogen and oxygen atoms in total. The zero-order valence-corrected chi connectivity index (χ0v) is 9.95. The average Bonchev–Trinajstić information content (AvgIpc) is 2.78. The Hall–Kier alpha value is -1.97. The van der Waals surface area contributed by atoms with Gasteiger partial charge in [-0.3, -0.25) is 0 Å². The maximum Gasteiger partial charge on any atom is 0.230 e. The molecule has 1 aliphatic rings. The van der Waals surface area contributed by atoms with Crippen molar-refractivity contribution in [1.82, 2.24) is 10.1 Å². The van der Waals surface area contributed by atoms with Crippen LogP contribution in [0.2, 0.25) is 0 Å². The summed E-state index contributed by atoms with van der Waals surface area (Å²) in [6, 6.07) is 10.0. The van der Waals surface area contributed by atoms with Crippen LogP contribution in [0.25, 0.3) is 0 Å². The van der Waals surface area contributed by atoms with E-state index in [1.54, 1.807) is 0 Å². The molecule has 0 saturated heterocycles. The summed E-state index contributed by atoms with van der Waals surface area (Å²) in [5.41, 5.74) is 1.16. The first-order valence-electron chi connectivity index (χ1n) is 6.18. The van der Waals surface area contributed by atoms with Gasteiger partial charge in [-0.1, -0.05) is 35.5 Å². The van der Waals surface area contributed by atoms with Gasteiger partial charge in [0.25, 0.3) is 0 Å². The summed E-state index contributed by atoms with van der Waals surface area (Å²) in [7, 11) is 0. The molecule has 0 radical (unpaired) electrons. The SMILES string of the molecule is O=CC1CCC1c1nc(Cc2ccccc2)no1. The van der Waals surface area contributed by atoms with Crippen molar-refractivity contribution in [1.29, 1.82) is 0 Å². The van der Waals surface area contributed by atoms with Crippen LogP contribution in [0.15, 0.2) is 34.9 Å². The van der Waals surface area contributed by atoms with Gasteiger partial charge in [0.15, 0.2) is 5.82 Å². The molecule has 2 atom stereocenters. The predicted octanol–water partition coefficient (Wildman–Crippen LogP) is 2.35. The number of benzene rings is 1. The van der Waals surface area contributed by atoms with Crippen LogP contribution in [0.1, 0.15) is 36.0 Å². The van der Waals surface area contributed by atoms with Crippen LogP contribution in [0.4, 0.5) is 0 Å². The molecule has 1 aromatic heterocycles. The van der Waals surface area contributed by atoms with E-state index in [1.807, 2.05) is 30.3 Å². The van der Waals surface area contributed by atoms with Gasteiger partial charge in [-0.15, -0.1) is 0 Å². The zero-order valence-electron chi connectivity index (χ0n) is 9.95. The lowest BCUT2D eigenvalue weighted by atomic mass is 9.74.